The quantitative estimate of drug-likeness (QED) is 0.864. The van der Waals surface area contributed by atoms with E-state index in [0.717, 1.165) is 23.5 Å². The highest BCUT2D eigenvalue weighted by Crippen LogP contribution is 2.34. The van der Waals surface area contributed by atoms with Crippen molar-refractivity contribution in [3.63, 3.8) is 0 Å². The van der Waals surface area contributed by atoms with Gasteiger partial charge in [0.2, 0.25) is 0 Å². The van der Waals surface area contributed by atoms with Gasteiger partial charge in [-0.1, -0.05) is 12.2 Å². The first-order chi connectivity index (χ1) is 9.68. The summed E-state index contributed by atoms with van der Waals surface area (Å²) in [6.45, 7) is 1.59. The molecule has 0 aromatic carbocycles. The van der Waals surface area contributed by atoms with Gasteiger partial charge in [0.25, 0.3) is 0 Å². The molecule has 3 nitrogen and oxygen atoms in total. The predicted octanol–water partition coefficient (Wildman–Crippen LogP) is 3.71. The van der Waals surface area contributed by atoms with Crippen LogP contribution in [0.4, 0.5) is 17.6 Å². The number of halogens is 4. The van der Waals surface area contributed by atoms with Crippen LogP contribution >= 0.6 is 11.3 Å². The zero-order chi connectivity index (χ0) is 15.8. The van der Waals surface area contributed by atoms with Gasteiger partial charge in [-0.2, -0.15) is 13.2 Å². The van der Waals surface area contributed by atoms with Crippen LogP contribution in [0.1, 0.15) is 20.4 Å². The van der Waals surface area contributed by atoms with E-state index < -0.39 is 29.8 Å². The first-order valence-electron chi connectivity index (χ1n) is 5.99. The zero-order valence-corrected chi connectivity index (χ0v) is 11.6. The van der Waals surface area contributed by atoms with Crippen LogP contribution in [0.3, 0.4) is 0 Å². The van der Waals surface area contributed by atoms with Crippen LogP contribution in [-0.4, -0.2) is 28.4 Å². The second-order valence-corrected chi connectivity index (χ2v) is 5.81. The summed E-state index contributed by atoms with van der Waals surface area (Å²) in [5, 5.41) is 9.50. The van der Waals surface area contributed by atoms with E-state index in [4.69, 9.17) is 5.11 Å². The van der Waals surface area contributed by atoms with E-state index in [1.807, 2.05) is 0 Å². The summed E-state index contributed by atoms with van der Waals surface area (Å²) < 4.78 is 51.7. The molecule has 1 aromatic rings. The fraction of sp³-hybridized carbons (Fsp3) is 0.385. The third-order valence-corrected chi connectivity index (χ3v) is 4.02. The molecule has 0 amide bonds. The monoisotopic (exact) mass is 321 g/mol. The van der Waals surface area contributed by atoms with Gasteiger partial charge in [-0.25, -0.2) is 14.2 Å². The lowest BCUT2D eigenvalue weighted by Crippen LogP contribution is -2.23. The molecule has 114 valence electrons. The summed E-state index contributed by atoms with van der Waals surface area (Å²) >= 11 is 0.925. The van der Waals surface area contributed by atoms with Crippen molar-refractivity contribution in [2.24, 2.45) is 5.92 Å². The molecule has 8 heteroatoms. The van der Waals surface area contributed by atoms with Crippen LogP contribution in [0, 0.1) is 12.8 Å². The number of rotatable bonds is 3. The molecule has 0 saturated heterocycles. The summed E-state index contributed by atoms with van der Waals surface area (Å²) in [6, 6.07) is 0. The molecule has 1 N–H and O–H groups in total. The average molecular weight is 321 g/mol. The Bertz CT molecular complexity index is 618. The van der Waals surface area contributed by atoms with Crippen molar-refractivity contribution < 1.29 is 27.5 Å². The van der Waals surface area contributed by atoms with E-state index in [1.54, 1.807) is 6.92 Å². The number of alkyl halides is 4. The second kappa shape index (κ2) is 5.59. The van der Waals surface area contributed by atoms with Gasteiger partial charge in [-0.05, 0) is 13.0 Å². The number of carboxylic acids is 1. The maximum atomic E-state index is 13.8. The SMILES string of the molecule is Cc1nc(CC2C=C(C(F)(F)F)C=CC2F)c(C(=O)O)s1. The minimum Gasteiger partial charge on any atom is -0.477 e. The van der Waals surface area contributed by atoms with E-state index in [9.17, 15) is 22.4 Å². The Labute approximate surface area is 121 Å². The number of carboxylic acid groups (broad SMARTS) is 1. The summed E-state index contributed by atoms with van der Waals surface area (Å²) in [6.07, 6.45) is -4.00. The molecule has 2 unspecified atom stereocenters. The van der Waals surface area contributed by atoms with Crippen LogP contribution in [0.2, 0.25) is 0 Å². The fourth-order valence-corrected chi connectivity index (χ4v) is 2.86. The Morgan fingerprint density at radius 3 is 2.71 bits per heavy atom. The molecule has 2 rings (SSSR count). The van der Waals surface area contributed by atoms with Crippen LogP contribution in [0.25, 0.3) is 0 Å². The maximum Gasteiger partial charge on any atom is 0.416 e. The Kier molecular flexibility index (Phi) is 4.18. The van der Waals surface area contributed by atoms with E-state index in [-0.39, 0.29) is 17.0 Å². The number of aromatic carboxylic acids is 1. The Balaban J connectivity index is 2.28. The fourth-order valence-electron chi connectivity index (χ4n) is 2.08. The van der Waals surface area contributed by atoms with Gasteiger partial charge in [0, 0.05) is 12.3 Å². The molecule has 1 aliphatic rings. The lowest BCUT2D eigenvalue weighted by Gasteiger charge is -2.21. The van der Waals surface area contributed by atoms with Gasteiger partial charge in [0.1, 0.15) is 11.0 Å². The molecule has 0 aliphatic heterocycles. The number of allylic oxidation sites excluding steroid dienone is 4. The van der Waals surface area contributed by atoms with Crippen molar-refractivity contribution in [3.05, 3.63) is 39.4 Å². The zero-order valence-electron chi connectivity index (χ0n) is 10.8. The van der Waals surface area contributed by atoms with Crippen LogP contribution in [-0.2, 0) is 6.42 Å². The van der Waals surface area contributed by atoms with Crippen LogP contribution in [0.15, 0.2) is 23.8 Å². The first-order valence-corrected chi connectivity index (χ1v) is 6.81. The van der Waals surface area contributed by atoms with Crippen molar-refractivity contribution in [1.29, 1.82) is 0 Å². The molecule has 1 aromatic heterocycles. The van der Waals surface area contributed by atoms with Crippen molar-refractivity contribution in [1.82, 2.24) is 4.98 Å². The Morgan fingerprint density at radius 1 is 1.48 bits per heavy atom. The highest BCUT2D eigenvalue weighted by Gasteiger charge is 2.36. The maximum absolute atomic E-state index is 13.8. The number of nitrogens with zero attached hydrogens (tertiary/aromatic N) is 1. The van der Waals surface area contributed by atoms with Gasteiger partial charge in [0.05, 0.1) is 16.3 Å². The van der Waals surface area contributed by atoms with Gasteiger partial charge in [-0.3, -0.25) is 0 Å². The number of aromatic nitrogens is 1. The third-order valence-electron chi connectivity index (χ3n) is 3.02. The molecule has 2 atom stereocenters. The molecule has 0 saturated carbocycles. The number of aryl methyl sites for hydroxylation is 1. The van der Waals surface area contributed by atoms with E-state index in [2.05, 4.69) is 4.98 Å². The van der Waals surface area contributed by atoms with Crippen LogP contribution < -0.4 is 0 Å². The summed E-state index contributed by atoms with van der Waals surface area (Å²) in [4.78, 5) is 15.0. The van der Waals surface area contributed by atoms with Gasteiger partial charge in [-0.15, -0.1) is 11.3 Å². The minimum absolute atomic E-state index is 0.0591. The average Bonchev–Trinajstić information content (AvgIpc) is 2.72. The Morgan fingerprint density at radius 2 is 2.14 bits per heavy atom. The summed E-state index contributed by atoms with van der Waals surface area (Å²) in [5.74, 6) is -2.29. The van der Waals surface area contributed by atoms with Crippen molar-refractivity contribution >= 4 is 17.3 Å². The standard InChI is InChI=1S/C13H11F4NO2S/c1-6-18-10(11(21-6)12(19)20)5-7-4-8(13(15,16)17)2-3-9(7)14/h2-4,7,9H,5H2,1H3,(H,19,20). The second-order valence-electron chi connectivity index (χ2n) is 4.61. The third kappa shape index (κ3) is 3.49. The number of thiazole rings is 1. The van der Waals surface area contributed by atoms with Gasteiger partial charge >= 0.3 is 12.1 Å². The highest BCUT2D eigenvalue weighted by atomic mass is 32.1. The summed E-state index contributed by atoms with van der Waals surface area (Å²) in [5.41, 5.74) is -0.809. The van der Waals surface area contributed by atoms with Crippen molar-refractivity contribution in [2.45, 2.75) is 25.7 Å². The van der Waals surface area contributed by atoms with Gasteiger partial charge < -0.3 is 5.11 Å². The van der Waals surface area contributed by atoms with Gasteiger partial charge in [0.15, 0.2) is 0 Å². The number of hydrogen-bond acceptors (Lipinski definition) is 3. The molecule has 1 heterocycles. The topological polar surface area (TPSA) is 50.2 Å². The largest absolute Gasteiger partial charge is 0.477 e. The molecule has 1 aliphatic carbocycles. The van der Waals surface area contributed by atoms with Crippen molar-refractivity contribution in [3.8, 4) is 0 Å². The lowest BCUT2D eigenvalue weighted by molar-refractivity contribution is -0.0891. The predicted molar refractivity (Wildman–Crippen MR) is 69.2 cm³/mol. The molecule has 0 spiro atoms. The summed E-state index contributed by atoms with van der Waals surface area (Å²) in [7, 11) is 0. The molecular weight excluding hydrogens is 310 g/mol. The van der Waals surface area contributed by atoms with E-state index >= 15 is 0 Å². The number of carbonyl (C=O) groups is 1. The van der Waals surface area contributed by atoms with Crippen molar-refractivity contribution in [2.75, 3.05) is 0 Å². The van der Waals surface area contributed by atoms with E-state index in [0.29, 0.717) is 11.1 Å². The first kappa shape index (κ1) is 15.7. The molecule has 0 fully saturated rings. The van der Waals surface area contributed by atoms with E-state index in [1.165, 1.54) is 0 Å². The van der Waals surface area contributed by atoms with Crippen LogP contribution in [0.5, 0.6) is 0 Å². The molecular formula is C13H11F4NO2S. The smallest absolute Gasteiger partial charge is 0.416 e. The Hall–Kier alpha value is -1.70. The molecule has 21 heavy (non-hydrogen) atoms. The number of hydrogen-bond donors (Lipinski definition) is 1. The lowest BCUT2D eigenvalue weighted by atomic mass is 9.90. The molecule has 0 radical (unpaired) electrons. The minimum atomic E-state index is -4.55. The normalized spacial score (nSPS) is 22.2. The highest BCUT2D eigenvalue weighted by molar-refractivity contribution is 7.13. The molecule has 0 bridgehead atoms.